The lowest BCUT2D eigenvalue weighted by molar-refractivity contribution is -0.133. The normalized spacial score (nSPS) is 17.2. The molecule has 2 amide bonds. The second kappa shape index (κ2) is 7.94. The SMILES string of the molecule is O=C(NCCN1CCCCC1=O)c1ccc(-c2cnn(CC3CC3)c2)cc1. The van der Waals surface area contributed by atoms with Gasteiger partial charge in [0.05, 0.1) is 6.20 Å². The van der Waals surface area contributed by atoms with Gasteiger partial charge < -0.3 is 10.2 Å². The zero-order valence-corrected chi connectivity index (χ0v) is 15.6. The van der Waals surface area contributed by atoms with E-state index in [1.165, 1.54) is 12.8 Å². The standard InChI is InChI=1S/C21H26N4O2/c26-20-3-1-2-11-24(20)12-10-22-21(27)18-8-6-17(7-9-18)19-13-23-25(15-19)14-16-4-5-16/h6-9,13,15-16H,1-5,10-12,14H2,(H,22,27). The van der Waals surface area contributed by atoms with Crippen LogP contribution < -0.4 is 5.32 Å². The largest absolute Gasteiger partial charge is 0.350 e. The van der Waals surface area contributed by atoms with Gasteiger partial charge in [0.25, 0.3) is 5.91 Å². The molecule has 27 heavy (non-hydrogen) atoms. The van der Waals surface area contributed by atoms with E-state index in [9.17, 15) is 9.59 Å². The molecule has 0 atom stereocenters. The summed E-state index contributed by atoms with van der Waals surface area (Å²) in [4.78, 5) is 25.9. The molecule has 2 aliphatic rings. The van der Waals surface area contributed by atoms with Crippen LogP contribution in [0.15, 0.2) is 36.7 Å². The monoisotopic (exact) mass is 366 g/mol. The number of benzene rings is 1. The van der Waals surface area contributed by atoms with E-state index in [0.29, 0.717) is 25.1 Å². The second-order valence-corrected chi connectivity index (χ2v) is 7.57. The molecule has 1 aromatic heterocycles. The molecular formula is C21H26N4O2. The van der Waals surface area contributed by atoms with Crippen molar-refractivity contribution in [1.82, 2.24) is 20.0 Å². The van der Waals surface area contributed by atoms with E-state index >= 15 is 0 Å². The van der Waals surface area contributed by atoms with Gasteiger partial charge >= 0.3 is 0 Å². The topological polar surface area (TPSA) is 67.2 Å². The third-order valence-electron chi connectivity index (χ3n) is 5.34. The van der Waals surface area contributed by atoms with Crippen molar-refractivity contribution >= 4 is 11.8 Å². The predicted octanol–water partition coefficient (Wildman–Crippen LogP) is 2.70. The van der Waals surface area contributed by atoms with Crippen LogP contribution in [0.4, 0.5) is 0 Å². The van der Waals surface area contributed by atoms with Gasteiger partial charge in [-0.15, -0.1) is 0 Å². The highest BCUT2D eigenvalue weighted by atomic mass is 16.2. The summed E-state index contributed by atoms with van der Waals surface area (Å²) in [6, 6.07) is 7.60. The summed E-state index contributed by atoms with van der Waals surface area (Å²) in [5, 5.41) is 7.34. The molecule has 2 aromatic rings. The molecule has 1 saturated heterocycles. The first-order valence-corrected chi connectivity index (χ1v) is 9.88. The second-order valence-electron chi connectivity index (χ2n) is 7.57. The number of aromatic nitrogens is 2. The molecule has 0 spiro atoms. The number of hydrogen-bond acceptors (Lipinski definition) is 3. The predicted molar refractivity (Wildman–Crippen MR) is 103 cm³/mol. The Kier molecular flexibility index (Phi) is 5.23. The third-order valence-corrected chi connectivity index (χ3v) is 5.34. The molecule has 4 rings (SSSR count). The summed E-state index contributed by atoms with van der Waals surface area (Å²) in [5.41, 5.74) is 2.77. The summed E-state index contributed by atoms with van der Waals surface area (Å²) < 4.78 is 2.01. The fourth-order valence-corrected chi connectivity index (χ4v) is 3.50. The molecular weight excluding hydrogens is 340 g/mol. The molecule has 0 radical (unpaired) electrons. The smallest absolute Gasteiger partial charge is 0.251 e. The van der Waals surface area contributed by atoms with E-state index in [1.54, 1.807) is 0 Å². The lowest BCUT2D eigenvalue weighted by Gasteiger charge is -2.26. The number of hydrogen-bond donors (Lipinski definition) is 1. The van der Waals surface area contributed by atoms with Gasteiger partial charge in [0.2, 0.25) is 5.91 Å². The summed E-state index contributed by atoms with van der Waals surface area (Å²) in [5.74, 6) is 0.890. The van der Waals surface area contributed by atoms with E-state index in [4.69, 9.17) is 0 Å². The van der Waals surface area contributed by atoms with Crippen LogP contribution >= 0.6 is 0 Å². The van der Waals surface area contributed by atoms with E-state index in [1.807, 2.05) is 40.0 Å². The Hall–Kier alpha value is -2.63. The van der Waals surface area contributed by atoms with Gasteiger partial charge in [-0.05, 0) is 49.3 Å². The third kappa shape index (κ3) is 4.56. The molecule has 1 aromatic carbocycles. The van der Waals surface area contributed by atoms with E-state index < -0.39 is 0 Å². The molecule has 1 saturated carbocycles. The minimum Gasteiger partial charge on any atom is -0.350 e. The van der Waals surface area contributed by atoms with Crippen LogP contribution in [0.1, 0.15) is 42.5 Å². The van der Waals surface area contributed by atoms with Gasteiger partial charge in [-0.3, -0.25) is 14.3 Å². The van der Waals surface area contributed by atoms with Crippen LogP contribution in [-0.2, 0) is 11.3 Å². The maximum atomic E-state index is 12.3. The molecule has 0 unspecified atom stereocenters. The lowest BCUT2D eigenvalue weighted by Crippen LogP contribution is -2.41. The molecule has 0 bridgehead atoms. The maximum absolute atomic E-state index is 12.3. The zero-order chi connectivity index (χ0) is 18.6. The van der Waals surface area contributed by atoms with Crippen molar-refractivity contribution in [1.29, 1.82) is 0 Å². The van der Waals surface area contributed by atoms with Crippen molar-refractivity contribution < 1.29 is 9.59 Å². The minimum atomic E-state index is -0.101. The highest BCUT2D eigenvalue weighted by molar-refractivity contribution is 5.94. The molecule has 1 aliphatic carbocycles. The van der Waals surface area contributed by atoms with Gasteiger partial charge in [-0.2, -0.15) is 5.10 Å². The Morgan fingerprint density at radius 3 is 2.70 bits per heavy atom. The average molecular weight is 366 g/mol. The van der Waals surface area contributed by atoms with E-state index in [2.05, 4.69) is 16.6 Å². The number of piperidine rings is 1. The quantitative estimate of drug-likeness (QED) is 0.819. The van der Waals surface area contributed by atoms with Crippen molar-refractivity contribution in [3.05, 3.63) is 42.2 Å². The van der Waals surface area contributed by atoms with Crippen LogP contribution in [0.25, 0.3) is 11.1 Å². The highest BCUT2D eigenvalue weighted by Crippen LogP contribution is 2.31. The molecule has 2 fully saturated rings. The summed E-state index contributed by atoms with van der Waals surface area (Å²) in [7, 11) is 0. The van der Waals surface area contributed by atoms with Crippen molar-refractivity contribution in [2.24, 2.45) is 5.92 Å². The summed E-state index contributed by atoms with van der Waals surface area (Å²) in [6.07, 6.45) is 9.24. The van der Waals surface area contributed by atoms with Crippen LogP contribution in [0.3, 0.4) is 0 Å². The number of amides is 2. The van der Waals surface area contributed by atoms with E-state index in [-0.39, 0.29) is 11.8 Å². The van der Waals surface area contributed by atoms with Crippen LogP contribution in [-0.4, -0.2) is 46.1 Å². The number of likely N-dealkylation sites (tertiary alicyclic amines) is 1. The van der Waals surface area contributed by atoms with E-state index in [0.717, 1.165) is 43.0 Å². The fourth-order valence-electron chi connectivity index (χ4n) is 3.50. The summed E-state index contributed by atoms with van der Waals surface area (Å²) in [6.45, 7) is 2.88. The molecule has 6 nitrogen and oxygen atoms in total. The zero-order valence-electron chi connectivity index (χ0n) is 15.6. The van der Waals surface area contributed by atoms with Crippen LogP contribution in [0.5, 0.6) is 0 Å². The van der Waals surface area contributed by atoms with Crippen molar-refractivity contribution in [3.8, 4) is 11.1 Å². The Bertz CT molecular complexity index is 808. The molecule has 6 heteroatoms. The van der Waals surface area contributed by atoms with Crippen molar-refractivity contribution in [2.45, 2.75) is 38.6 Å². The Balaban J connectivity index is 1.29. The Morgan fingerprint density at radius 1 is 1.15 bits per heavy atom. The fraction of sp³-hybridized carbons (Fsp3) is 0.476. The van der Waals surface area contributed by atoms with Crippen molar-refractivity contribution in [3.63, 3.8) is 0 Å². The molecule has 2 heterocycles. The minimum absolute atomic E-state index is 0.101. The van der Waals surface area contributed by atoms with Crippen LogP contribution in [0.2, 0.25) is 0 Å². The molecule has 1 N–H and O–H groups in total. The Morgan fingerprint density at radius 2 is 1.96 bits per heavy atom. The number of carbonyl (C=O) groups excluding carboxylic acids is 2. The number of carbonyl (C=O) groups is 2. The maximum Gasteiger partial charge on any atom is 0.251 e. The average Bonchev–Trinajstić information content (AvgIpc) is 3.38. The van der Waals surface area contributed by atoms with Gasteiger partial charge in [-0.1, -0.05) is 12.1 Å². The van der Waals surface area contributed by atoms with Crippen molar-refractivity contribution in [2.75, 3.05) is 19.6 Å². The Labute approximate surface area is 159 Å². The molecule has 142 valence electrons. The summed E-state index contributed by atoms with van der Waals surface area (Å²) >= 11 is 0. The van der Waals surface area contributed by atoms with Gasteiger partial charge in [0, 0.05) is 49.9 Å². The first-order chi connectivity index (χ1) is 13.2. The number of rotatable bonds is 7. The highest BCUT2D eigenvalue weighted by Gasteiger charge is 2.22. The number of nitrogens with one attached hydrogen (secondary N) is 1. The molecule has 1 aliphatic heterocycles. The van der Waals surface area contributed by atoms with Gasteiger partial charge in [0.1, 0.15) is 0 Å². The number of nitrogens with zero attached hydrogens (tertiary/aromatic N) is 3. The first-order valence-electron chi connectivity index (χ1n) is 9.88. The van der Waals surface area contributed by atoms with Gasteiger partial charge in [0.15, 0.2) is 0 Å². The van der Waals surface area contributed by atoms with Crippen LogP contribution in [0, 0.1) is 5.92 Å². The van der Waals surface area contributed by atoms with Gasteiger partial charge in [-0.25, -0.2) is 0 Å². The first kappa shape index (κ1) is 17.8. The lowest BCUT2D eigenvalue weighted by atomic mass is 10.1.